The van der Waals surface area contributed by atoms with E-state index in [0.29, 0.717) is 18.1 Å². The van der Waals surface area contributed by atoms with Crippen molar-refractivity contribution in [1.82, 2.24) is 10.6 Å². The van der Waals surface area contributed by atoms with Gasteiger partial charge in [0.1, 0.15) is 11.5 Å². The van der Waals surface area contributed by atoms with Gasteiger partial charge in [-0.25, -0.2) is 0 Å². The van der Waals surface area contributed by atoms with Crippen molar-refractivity contribution < 1.29 is 14.6 Å². The second-order valence-corrected chi connectivity index (χ2v) is 11.1. The number of hydrogen-bond donors (Lipinski definition) is 4. The highest BCUT2D eigenvalue weighted by atomic mass is 16.5. The van der Waals surface area contributed by atoms with Gasteiger partial charge in [-0.15, -0.1) is 0 Å². The number of phenolic OH excluding ortho intramolecular Hbond substituents is 1. The van der Waals surface area contributed by atoms with Gasteiger partial charge < -0.3 is 25.8 Å². The van der Waals surface area contributed by atoms with E-state index in [2.05, 4.69) is 52.3 Å². The summed E-state index contributed by atoms with van der Waals surface area (Å²) in [4.78, 5) is 13.5. The van der Waals surface area contributed by atoms with Crippen LogP contribution in [0.5, 0.6) is 11.5 Å². The third kappa shape index (κ3) is 4.85. The molecule has 0 fully saturated rings. The maximum atomic E-state index is 13.5. The van der Waals surface area contributed by atoms with Crippen LogP contribution in [0.25, 0.3) is 0 Å². The van der Waals surface area contributed by atoms with Gasteiger partial charge in [0.15, 0.2) is 0 Å². The van der Waals surface area contributed by atoms with Gasteiger partial charge in [0, 0.05) is 12.2 Å². The third-order valence-corrected chi connectivity index (χ3v) is 8.59. The van der Waals surface area contributed by atoms with Crippen LogP contribution >= 0.6 is 0 Å². The minimum atomic E-state index is -0.284. The molecule has 0 bridgehead atoms. The van der Waals surface area contributed by atoms with E-state index in [1.807, 2.05) is 13.0 Å². The summed E-state index contributed by atoms with van der Waals surface area (Å²) in [5, 5.41) is 20.4. The van der Waals surface area contributed by atoms with E-state index in [1.165, 1.54) is 27.8 Å². The first-order chi connectivity index (χ1) is 18.5. The largest absolute Gasteiger partial charge is 0.508 e. The first-order valence-electron chi connectivity index (χ1n) is 13.8. The molecule has 2 heterocycles. The molecule has 3 unspecified atom stereocenters. The van der Waals surface area contributed by atoms with Crippen LogP contribution in [0.15, 0.2) is 48.5 Å². The van der Waals surface area contributed by atoms with Crippen LogP contribution in [-0.2, 0) is 36.9 Å². The molecule has 3 aromatic rings. The zero-order chi connectivity index (χ0) is 26.2. The number of amides is 1. The van der Waals surface area contributed by atoms with Crippen molar-refractivity contribution in [3.63, 3.8) is 0 Å². The van der Waals surface area contributed by atoms with Crippen LogP contribution < -0.4 is 20.7 Å². The fraction of sp³-hybridized carbons (Fsp3) is 0.406. The Labute approximate surface area is 224 Å². The summed E-state index contributed by atoms with van der Waals surface area (Å²) in [6.07, 6.45) is 5.44. The molecule has 2 aliphatic heterocycles. The highest BCUT2D eigenvalue weighted by molar-refractivity contribution is 5.83. The average Bonchev–Trinajstić information content (AvgIpc) is 3.19. The second-order valence-electron chi connectivity index (χ2n) is 11.1. The normalized spacial score (nSPS) is 21.9. The Morgan fingerprint density at radius 3 is 2.82 bits per heavy atom. The quantitative estimate of drug-likeness (QED) is 0.408. The number of hydrogen-bond acceptors (Lipinski definition) is 5. The number of aryl methyl sites for hydroxylation is 1. The van der Waals surface area contributed by atoms with Crippen LogP contribution in [0.4, 0.5) is 5.69 Å². The van der Waals surface area contributed by atoms with Gasteiger partial charge >= 0.3 is 0 Å². The number of methoxy groups -OCH3 is 1. The van der Waals surface area contributed by atoms with Crippen LogP contribution in [-0.4, -0.2) is 37.3 Å². The molecular formula is C32H37N3O3. The Balaban J connectivity index is 1.16. The zero-order valence-corrected chi connectivity index (χ0v) is 22.3. The Morgan fingerprint density at radius 2 is 1.95 bits per heavy atom. The summed E-state index contributed by atoms with van der Waals surface area (Å²) in [5.74, 6) is 1.91. The van der Waals surface area contributed by atoms with Crippen LogP contribution in [0.2, 0.25) is 0 Å². The average molecular weight is 512 g/mol. The molecule has 6 nitrogen and oxygen atoms in total. The van der Waals surface area contributed by atoms with Gasteiger partial charge in [0.05, 0.1) is 19.2 Å². The number of anilines is 1. The van der Waals surface area contributed by atoms with Gasteiger partial charge in [-0.1, -0.05) is 24.3 Å². The van der Waals surface area contributed by atoms with E-state index >= 15 is 0 Å². The molecule has 0 saturated carbocycles. The topological polar surface area (TPSA) is 82.6 Å². The Hall–Kier alpha value is -3.51. The second kappa shape index (κ2) is 10.3. The highest BCUT2D eigenvalue weighted by Gasteiger charge is 2.29. The molecule has 0 radical (unpaired) electrons. The molecule has 6 heteroatoms. The Morgan fingerprint density at radius 1 is 1.05 bits per heavy atom. The zero-order valence-electron chi connectivity index (χ0n) is 22.3. The van der Waals surface area contributed by atoms with Crippen molar-refractivity contribution in [2.75, 3.05) is 25.5 Å². The Bertz CT molecular complexity index is 1370. The number of aromatic hydroxyl groups is 1. The van der Waals surface area contributed by atoms with Gasteiger partial charge in [-0.05, 0) is 121 Å². The lowest BCUT2D eigenvalue weighted by Gasteiger charge is -2.30. The molecule has 0 aromatic heterocycles. The van der Waals surface area contributed by atoms with Crippen molar-refractivity contribution >= 4 is 11.6 Å². The van der Waals surface area contributed by atoms with Gasteiger partial charge in [-0.3, -0.25) is 4.79 Å². The molecule has 4 N–H and O–H groups in total. The number of carbonyl (C=O) groups is 1. The molecular weight excluding hydrogens is 474 g/mol. The van der Waals surface area contributed by atoms with Crippen molar-refractivity contribution in [2.45, 2.75) is 57.5 Å². The fourth-order valence-corrected chi connectivity index (χ4v) is 6.72. The molecule has 0 spiro atoms. The van der Waals surface area contributed by atoms with E-state index < -0.39 is 0 Å². The predicted molar refractivity (Wildman–Crippen MR) is 150 cm³/mol. The van der Waals surface area contributed by atoms with Gasteiger partial charge in [0.2, 0.25) is 5.91 Å². The minimum absolute atomic E-state index is 0.00925. The van der Waals surface area contributed by atoms with Crippen LogP contribution in [0, 0.1) is 12.8 Å². The summed E-state index contributed by atoms with van der Waals surface area (Å²) in [6.45, 7) is 3.58. The SMILES string of the molecule is COc1cccc2c1CC(Cc1ccc3c(c1)C(NC(=O)C1Cc4c(C)cc(O)cc4CCN1)CCN3)C2. The smallest absolute Gasteiger partial charge is 0.237 e. The maximum absolute atomic E-state index is 13.5. The van der Waals surface area contributed by atoms with Crippen molar-refractivity contribution in [1.29, 1.82) is 0 Å². The Kier molecular flexibility index (Phi) is 6.75. The minimum Gasteiger partial charge on any atom is -0.508 e. The number of rotatable bonds is 5. The number of ether oxygens (including phenoxy) is 1. The van der Waals surface area contributed by atoms with Crippen molar-refractivity contribution in [2.24, 2.45) is 5.92 Å². The first kappa shape index (κ1) is 24.8. The summed E-state index contributed by atoms with van der Waals surface area (Å²) >= 11 is 0. The van der Waals surface area contributed by atoms with Crippen molar-refractivity contribution in [3.05, 3.63) is 87.5 Å². The van der Waals surface area contributed by atoms with E-state index in [4.69, 9.17) is 4.74 Å². The number of nitrogens with one attached hydrogen (secondary N) is 3. The molecule has 3 aliphatic rings. The summed E-state index contributed by atoms with van der Waals surface area (Å²) in [5.41, 5.74) is 9.74. The lowest BCUT2D eigenvalue weighted by molar-refractivity contribution is -0.123. The van der Waals surface area contributed by atoms with Crippen molar-refractivity contribution in [3.8, 4) is 11.5 Å². The number of benzene rings is 3. The van der Waals surface area contributed by atoms with E-state index in [1.54, 1.807) is 13.2 Å². The number of phenols is 1. The van der Waals surface area contributed by atoms with Gasteiger partial charge in [0.25, 0.3) is 0 Å². The number of fused-ring (bicyclic) bond motifs is 3. The number of carbonyl (C=O) groups excluding carboxylic acids is 1. The summed E-state index contributed by atoms with van der Waals surface area (Å²) < 4.78 is 5.61. The molecule has 198 valence electrons. The van der Waals surface area contributed by atoms with E-state index in [-0.39, 0.29) is 18.0 Å². The maximum Gasteiger partial charge on any atom is 0.237 e. The van der Waals surface area contributed by atoms with E-state index in [0.717, 1.165) is 67.8 Å². The molecule has 3 aromatic carbocycles. The summed E-state index contributed by atoms with van der Waals surface area (Å²) in [7, 11) is 1.75. The molecule has 38 heavy (non-hydrogen) atoms. The van der Waals surface area contributed by atoms with E-state index in [9.17, 15) is 9.90 Å². The standard InChI is InChI=1S/C32H37N3O3/c1-19-12-24(36)17-23-8-10-34-30(18-25(19)23)32(37)35-29-9-11-33-28-7-6-20(15-27(28)29)13-21-14-22-4-3-5-31(38-2)26(22)16-21/h3-7,12,15,17,21,29-30,33-34,36H,8-11,13-14,16,18H2,1-2H3,(H,35,37). The molecule has 0 saturated heterocycles. The predicted octanol–water partition coefficient (Wildman–Crippen LogP) is 4.40. The van der Waals surface area contributed by atoms with Gasteiger partial charge in [-0.2, -0.15) is 0 Å². The van der Waals surface area contributed by atoms with Crippen LogP contribution in [0.3, 0.4) is 0 Å². The first-order valence-corrected chi connectivity index (χ1v) is 13.8. The molecule has 1 aliphatic carbocycles. The lowest BCUT2D eigenvalue weighted by atomic mass is 9.90. The third-order valence-electron chi connectivity index (χ3n) is 8.59. The molecule has 6 rings (SSSR count). The summed E-state index contributed by atoms with van der Waals surface area (Å²) in [6, 6.07) is 16.4. The fourth-order valence-electron chi connectivity index (χ4n) is 6.72. The lowest BCUT2D eigenvalue weighted by Crippen LogP contribution is -2.47. The van der Waals surface area contributed by atoms with Crippen LogP contribution in [0.1, 0.15) is 51.4 Å². The molecule has 3 atom stereocenters. The monoisotopic (exact) mass is 511 g/mol. The highest BCUT2D eigenvalue weighted by Crippen LogP contribution is 2.37. The molecule has 1 amide bonds.